The van der Waals surface area contributed by atoms with Gasteiger partial charge in [0, 0.05) is 6.42 Å². The monoisotopic (exact) mass is 185 g/mol. The van der Waals surface area contributed by atoms with Gasteiger partial charge in [0.15, 0.2) is 0 Å². The third-order valence-electron chi connectivity index (χ3n) is 2.18. The number of Topliss-reactive ketones (excluding diaryl/α,β-unsaturated/α-hetero) is 1. The van der Waals surface area contributed by atoms with Crippen LogP contribution in [-0.4, -0.2) is 19.4 Å². The van der Waals surface area contributed by atoms with Crippen LogP contribution in [0.1, 0.15) is 40.5 Å². The van der Waals surface area contributed by atoms with Gasteiger partial charge in [-0.25, -0.2) is 0 Å². The van der Waals surface area contributed by atoms with Gasteiger partial charge in [-0.05, 0) is 38.3 Å². The van der Waals surface area contributed by atoms with Gasteiger partial charge in [-0.15, -0.1) is 0 Å². The van der Waals surface area contributed by atoms with E-state index in [9.17, 15) is 4.79 Å². The van der Waals surface area contributed by atoms with Crippen molar-refractivity contribution in [3.05, 3.63) is 0 Å². The van der Waals surface area contributed by atoms with Crippen molar-refractivity contribution in [1.29, 1.82) is 0 Å². The molecule has 1 atom stereocenters. The largest absolute Gasteiger partial charge is 0.319 e. The van der Waals surface area contributed by atoms with Crippen molar-refractivity contribution >= 4 is 5.78 Å². The van der Waals surface area contributed by atoms with Crippen LogP contribution in [-0.2, 0) is 4.79 Å². The molecule has 0 saturated heterocycles. The molecule has 0 bridgehead atoms. The van der Waals surface area contributed by atoms with Gasteiger partial charge >= 0.3 is 0 Å². The number of ketones is 1. The van der Waals surface area contributed by atoms with Crippen LogP contribution in [0.5, 0.6) is 0 Å². The second-order valence-corrected chi connectivity index (χ2v) is 4.91. The van der Waals surface area contributed by atoms with E-state index in [0.717, 1.165) is 13.0 Å². The van der Waals surface area contributed by atoms with E-state index in [1.165, 1.54) is 0 Å². The van der Waals surface area contributed by atoms with Crippen molar-refractivity contribution in [3.8, 4) is 0 Å². The lowest BCUT2D eigenvalue weighted by molar-refractivity contribution is -0.119. The maximum Gasteiger partial charge on any atom is 0.130 e. The Morgan fingerprint density at radius 3 is 2.38 bits per heavy atom. The average Bonchev–Trinajstić information content (AvgIpc) is 1.81. The Bertz CT molecular complexity index is 163. The minimum Gasteiger partial charge on any atom is -0.319 e. The number of nitrogens with one attached hydrogen (secondary N) is 1. The Hall–Kier alpha value is -0.370. The van der Waals surface area contributed by atoms with E-state index in [4.69, 9.17) is 0 Å². The molecular formula is C11H23NO. The molecule has 0 aromatic carbocycles. The van der Waals surface area contributed by atoms with Crippen LogP contribution in [0.25, 0.3) is 0 Å². The molecule has 78 valence electrons. The fourth-order valence-corrected chi connectivity index (χ4v) is 2.11. The molecule has 1 unspecified atom stereocenters. The topological polar surface area (TPSA) is 29.1 Å². The van der Waals surface area contributed by atoms with Crippen LogP contribution < -0.4 is 5.32 Å². The Balaban J connectivity index is 3.92. The van der Waals surface area contributed by atoms with Crippen LogP contribution in [0.4, 0.5) is 0 Å². The zero-order chi connectivity index (χ0) is 10.5. The van der Waals surface area contributed by atoms with Gasteiger partial charge in [-0.1, -0.05) is 20.8 Å². The summed E-state index contributed by atoms with van der Waals surface area (Å²) in [5, 5.41) is 3.16. The van der Waals surface area contributed by atoms with Crippen molar-refractivity contribution in [3.63, 3.8) is 0 Å². The summed E-state index contributed by atoms with van der Waals surface area (Å²) in [7, 11) is 1.97. The summed E-state index contributed by atoms with van der Waals surface area (Å²) >= 11 is 0. The molecule has 0 heterocycles. The molecule has 0 amide bonds. The first-order valence-electron chi connectivity index (χ1n) is 5.01. The molecule has 2 nitrogen and oxygen atoms in total. The molecule has 0 saturated carbocycles. The number of carbonyl (C=O) groups is 1. The molecule has 2 heteroatoms. The molecule has 0 aromatic rings. The van der Waals surface area contributed by atoms with E-state index in [0.29, 0.717) is 18.1 Å². The second-order valence-electron chi connectivity index (χ2n) is 4.91. The molecule has 1 N–H and O–H groups in total. The lowest BCUT2D eigenvalue weighted by atomic mass is 9.79. The Morgan fingerprint density at radius 2 is 2.00 bits per heavy atom. The Labute approximate surface area is 82.1 Å². The minimum atomic E-state index is 0.155. The molecule has 0 aliphatic carbocycles. The summed E-state index contributed by atoms with van der Waals surface area (Å²) in [6.45, 7) is 9.26. The summed E-state index contributed by atoms with van der Waals surface area (Å²) in [6, 6.07) is 0. The van der Waals surface area contributed by atoms with Gasteiger partial charge in [-0.3, -0.25) is 0 Å². The van der Waals surface area contributed by atoms with E-state index < -0.39 is 0 Å². The number of hydrogen-bond acceptors (Lipinski definition) is 2. The molecule has 0 aliphatic rings. The van der Waals surface area contributed by atoms with Gasteiger partial charge in [0.05, 0.1) is 0 Å². The summed E-state index contributed by atoms with van der Waals surface area (Å²) in [4.78, 5) is 11.0. The van der Waals surface area contributed by atoms with Crippen LogP contribution in [0.3, 0.4) is 0 Å². The fraction of sp³-hybridized carbons (Fsp3) is 0.909. The number of hydrogen-bond donors (Lipinski definition) is 1. The van der Waals surface area contributed by atoms with E-state index in [1.807, 2.05) is 7.05 Å². The van der Waals surface area contributed by atoms with Crippen LogP contribution >= 0.6 is 0 Å². The summed E-state index contributed by atoms with van der Waals surface area (Å²) in [6.07, 6.45) is 1.80. The standard InChI is InChI=1S/C11H23NO/c1-9(8-12-5)6-11(3,4)7-10(2)13/h9,12H,6-8H2,1-5H3. The third-order valence-corrected chi connectivity index (χ3v) is 2.18. The first-order chi connectivity index (χ1) is 5.87. The van der Waals surface area contributed by atoms with Gasteiger partial charge in [0.25, 0.3) is 0 Å². The molecule has 0 aliphatic heterocycles. The first-order valence-corrected chi connectivity index (χ1v) is 5.01. The smallest absolute Gasteiger partial charge is 0.130 e. The van der Waals surface area contributed by atoms with Gasteiger partial charge in [0.2, 0.25) is 0 Å². The molecular weight excluding hydrogens is 162 g/mol. The van der Waals surface area contributed by atoms with E-state index >= 15 is 0 Å². The zero-order valence-electron chi connectivity index (χ0n) is 9.61. The first kappa shape index (κ1) is 12.6. The number of rotatable bonds is 6. The zero-order valence-corrected chi connectivity index (χ0v) is 9.61. The van der Waals surface area contributed by atoms with E-state index in [-0.39, 0.29) is 5.41 Å². The lowest BCUT2D eigenvalue weighted by Crippen LogP contribution is -2.24. The maximum absolute atomic E-state index is 11.0. The van der Waals surface area contributed by atoms with E-state index in [2.05, 4.69) is 26.1 Å². The van der Waals surface area contributed by atoms with Gasteiger partial charge in [0.1, 0.15) is 5.78 Å². The Kier molecular flexibility index (Phi) is 5.23. The van der Waals surface area contributed by atoms with E-state index in [1.54, 1.807) is 6.92 Å². The normalized spacial score (nSPS) is 14.2. The highest BCUT2D eigenvalue weighted by atomic mass is 16.1. The second kappa shape index (κ2) is 5.38. The highest BCUT2D eigenvalue weighted by Gasteiger charge is 2.22. The lowest BCUT2D eigenvalue weighted by Gasteiger charge is -2.26. The van der Waals surface area contributed by atoms with Crippen LogP contribution in [0.2, 0.25) is 0 Å². The molecule has 0 aromatic heterocycles. The van der Waals surface area contributed by atoms with Crippen molar-refractivity contribution in [1.82, 2.24) is 5.32 Å². The average molecular weight is 185 g/mol. The third kappa shape index (κ3) is 6.76. The molecule has 0 spiro atoms. The highest BCUT2D eigenvalue weighted by molar-refractivity contribution is 5.76. The van der Waals surface area contributed by atoms with Crippen molar-refractivity contribution in [2.24, 2.45) is 11.3 Å². The highest BCUT2D eigenvalue weighted by Crippen LogP contribution is 2.29. The quantitative estimate of drug-likeness (QED) is 0.687. The number of carbonyl (C=O) groups excluding carboxylic acids is 1. The van der Waals surface area contributed by atoms with Crippen molar-refractivity contribution in [2.45, 2.75) is 40.5 Å². The van der Waals surface area contributed by atoms with Crippen LogP contribution in [0, 0.1) is 11.3 Å². The molecule has 13 heavy (non-hydrogen) atoms. The SMILES string of the molecule is CNCC(C)CC(C)(C)CC(C)=O. The van der Waals surface area contributed by atoms with Gasteiger partial charge < -0.3 is 10.1 Å². The van der Waals surface area contributed by atoms with Gasteiger partial charge in [-0.2, -0.15) is 0 Å². The Morgan fingerprint density at radius 1 is 1.46 bits per heavy atom. The fourth-order valence-electron chi connectivity index (χ4n) is 2.11. The predicted octanol–water partition coefficient (Wildman–Crippen LogP) is 2.24. The molecule has 0 rings (SSSR count). The summed E-state index contributed by atoms with van der Waals surface area (Å²) in [5.41, 5.74) is 0.155. The summed E-state index contributed by atoms with van der Waals surface area (Å²) in [5.74, 6) is 0.931. The van der Waals surface area contributed by atoms with Crippen molar-refractivity contribution in [2.75, 3.05) is 13.6 Å². The summed E-state index contributed by atoms with van der Waals surface area (Å²) < 4.78 is 0. The van der Waals surface area contributed by atoms with Crippen LogP contribution in [0.15, 0.2) is 0 Å². The molecule has 0 radical (unpaired) electrons. The van der Waals surface area contributed by atoms with Crippen molar-refractivity contribution < 1.29 is 4.79 Å². The minimum absolute atomic E-state index is 0.155. The maximum atomic E-state index is 11.0. The predicted molar refractivity (Wildman–Crippen MR) is 56.8 cm³/mol. The molecule has 0 fully saturated rings.